The molecule has 0 unspecified atom stereocenters. The lowest BCUT2D eigenvalue weighted by Crippen LogP contribution is -2.44. The zero-order chi connectivity index (χ0) is 18.7. The molecule has 26 heavy (non-hydrogen) atoms. The molecule has 0 fully saturated rings. The normalized spacial score (nSPS) is 14.0. The van der Waals surface area contributed by atoms with Crippen molar-refractivity contribution in [3.05, 3.63) is 78.4 Å². The summed E-state index contributed by atoms with van der Waals surface area (Å²) in [6, 6.07) is 18.1. The molecule has 3 aromatic carbocycles. The second-order valence-electron chi connectivity index (χ2n) is 5.80. The number of carboxylic acid groups (broad SMARTS) is 1. The number of aliphatic hydroxyl groups is 1. The third-order valence-corrected chi connectivity index (χ3v) is 5.48. The van der Waals surface area contributed by atoms with Gasteiger partial charge >= 0.3 is 5.97 Å². The highest BCUT2D eigenvalue weighted by Crippen LogP contribution is 2.22. The Bertz CT molecular complexity index is 1030. The van der Waals surface area contributed by atoms with Crippen LogP contribution in [0.2, 0.25) is 0 Å². The number of aliphatic carboxylic acids is 1. The van der Waals surface area contributed by atoms with Gasteiger partial charge in [-0.1, -0.05) is 60.7 Å². The standard InChI is InChI=1S/C19H17NO5S/c21-18(14-7-2-1-3-8-14)17(19(22)23)20-26(24,25)16-11-10-13-6-4-5-9-15(13)12-16/h1-12,17-18,20-21H,(H,22,23)/t17-,18-/m0/s1. The van der Waals surface area contributed by atoms with Gasteiger partial charge in [-0.2, -0.15) is 4.72 Å². The fourth-order valence-corrected chi connectivity index (χ4v) is 3.89. The Kier molecular flexibility index (Phi) is 5.03. The van der Waals surface area contributed by atoms with Crippen LogP contribution in [0.5, 0.6) is 0 Å². The average Bonchev–Trinajstić information content (AvgIpc) is 2.65. The SMILES string of the molecule is O=C(O)[C@@H](NS(=O)(=O)c1ccc2ccccc2c1)[C@@H](O)c1ccccc1. The maximum Gasteiger partial charge on any atom is 0.324 e. The fourth-order valence-electron chi connectivity index (χ4n) is 2.66. The summed E-state index contributed by atoms with van der Waals surface area (Å²) in [5.74, 6) is -1.47. The van der Waals surface area contributed by atoms with Gasteiger partial charge in [0.25, 0.3) is 0 Å². The smallest absolute Gasteiger partial charge is 0.324 e. The molecular formula is C19H17NO5S. The van der Waals surface area contributed by atoms with Crippen molar-refractivity contribution < 1.29 is 23.4 Å². The summed E-state index contributed by atoms with van der Waals surface area (Å²) in [6.45, 7) is 0. The number of fused-ring (bicyclic) bond motifs is 1. The van der Waals surface area contributed by atoms with Gasteiger partial charge in [0.2, 0.25) is 10.0 Å². The van der Waals surface area contributed by atoms with Gasteiger partial charge in [0, 0.05) is 0 Å². The Morgan fingerprint density at radius 1 is 0.885 bits per heavy atom. The van der Waals surface area contributed by atoms with Gasteiger partial charge in [0.1, 0.15) is 12.1 Å². The Morgan fingerprint density at radius 3 is 2.15 bits per heavy atom. The number of aliphatic hydroxyl groups excluding tert-OH is 1. The Balaban J connectivity index is 1.93. The summed E-state index contributed by atoms with van der Waals surface area (Å²) in [5.41, 5.74) is 0.307. The van der Waals surface area contributed by atoms with E-state index in [9.17, 15) is 23.4 Å². The highest BCUT2D eigenvalue weighted by Gasteiger charge is 2.32. The maximum atomic E-state index is 12.6. The largest absolute Gasteiger partial charge is 0.480 e. The lowest BCUT2D eigenvalue weighted by Gasteiger charge is -2.21. The molecule has 0 spiro atoms. The van der Waals surface area contributed by atoms with Crippen LogP contribution in [0.15, 0.2) is 77.7 Å². The highest BCUT2D eigenvalue weighted by atomic mass is 32.2. The van der Waals surface area contributed by atoms with Gasteiger partial charge in [-0.05, 0) is 28.5 Å². The topological polar surface area (TPSA) is 104 Å². The number of hydrogen-bond acceptors (Lipinski definition) is 4. The molecule has 0 saturated carbocycles. The molecule has 0 aliphatic carbocycles. The van der Waals surface area contributed by atoms with E-state index in [1.807, 2.05) is 12.1 Å². The molecule has 0 saturated heterocycles. The molecule has 134 valence electrons. The lowest BCUT2D eigenvalue weighted by atomic mass is 10.0. The predicted octanol–water partition coefficient (Wildman–Crippen LogP) is 2.30. The second-order valence-corrected chi connectivity index (χ2v) is 7.52. The van der Waals surface area contributed by atoms with E-state index in [2.05, 4.69) is 4.72 Å². The summed E-state index contributed by atoms with van der Waals surface area (Å²) < 4.78 is 27.4. The minimum atomic E-state index is -4.14. The second kappa shape index (κ2) is 7.25. The number of nitrogens with one attached hydrogen (secondary N) is 1. The fraction of sp³-hybridized carbons (Fsp3) is 0.105. The number of sulfonamides is 1. The van der Waals surface area contributed by atoms with E-state index >= 15 is 0 Å². The molecule has 0 aromatic heterocycles. The van der Waals surface area contributed by atoms with Gasteiger partial charge in [-0.15, -0.1) is 0 Å². The zero-order valence-electron chi connectivity index (χ0n) is 13.6. The van der Waals surface area contributed by atoms with Crippen LogP contribution >= 0.6 is 0 Å². The molecule has 7 heteroatoms. The van der Waals surface area contributed by atoms with Gasteiger partial charge in [-0.25, -0.2) is 8.42 Å². The summed E-state index contributed by atoms with van der Waals surface area (Å²) in [6.07, 6.45) is -1.52. The van der Waals surface area contributed by atoms with Crippen molar-refractivity contribution in [2.24, 2.45) is 0 Å². The van der Waals surface area contributed by atoms with Gasteiger partial charge in [0.15, 0.2) is 0 Å². The Labute approximate surface area is 150 Å². The zero-order valence-corrected chi connectivity index (χ0v) is 14.4. The van der Waals surface area contributed by atoms with Gasteiger partial charge < -0.3 is 10.2 Å². The van der Waals surface area contributed by atoms with Crippen LogP contribution in [0.25, 0.3) is 10.8 Å². The molecule has 0 aliphatic heterocycles. The van der Waals surface area contributed by atoms with Crippen molar-refractivity contribution in [2.45, 2.75) is 17.0 Å². The van der Waals surface area contributed by atoms with Crippen molar-refractivity contribution in [1.82, 2.24) is 4.72 Å². The van der Waals surface area contributed by atoms with E-state index in [4.69, 9.17) is 0 Å². The number of rotatable bonds is 6. The summed E-state index contributed by atoms with van der Waals surface area (Å²) in [7, 11) is -4.14. The van der Waals surface area contributed by atoms with Crippen molar-refractivity contribution >= 4 is 26.8 Å². The number of carbonyl (C=O) groups is 1. The maximum absolute atomic E-state index is 12.6. The van der Waals surface area contributed by atoms with Crippen LogP contribution in [-0.2, 0) is 14.8 Å². The van der Waals surface area contributed by atoms with Crippen LogP contribution < -0.4 is 4.72 Å². The molecule has 0 radical (unpaired) electrons. The van der Waals surface area contributed by atoms with E-state index < -0.39 is 28.1 Å². The molecule has 0 amide bonds. The Morgan fingerprint density at radius 2 is 1.50 bits per heavy atom. The van der Waals surface area contributed by atoms with Gasteiger partial charge in [-0.3, -0.25) is 4.79 Å². The van der Waals surface area contributed by atoms with E-state index in [1.165, 1.54) is 24.3 Å². The van der Waals surface area contributed by atoms with Crippen molar-refractivity contribution in [3.8, 4) is 0 Å². The Hall–Kier alpha value is -2.74. The van der Waals surface area contributed by atoms with Crippen LogP contribution in [0, 0.1) is 0 Å². The van der Waals surface area contributed by atoms with Crippen molar-refractivity contribution in [2.75, 3.05) is 0 Å². The van der Waals surface area contributed by atoms with Crippen molar-refractivity contribution in [3.63, 3.8) is 0 Å². The van der Waals surface area contributed by atoms with E-state index in [-0.39, 0.29) is 4.90 Å². The molecule has 3 N–H and O–H groups in total. The molecule has 0 bridgehead atoms. The minimum Gasteiger partial charge on any atom is -0.480 e. The first kappa shape index (κ1) is 18.1. The third-order valence-electron chi connectivity index (χ3n) is 4.04. The van der Waals surface area contributed by atoms with Crippen LogP contribution in [0.3, 0.4) is 0 Å². The average molecular weight is 371 g/mol. The monoisotopic (exact) mass is 371 g/mol. The molecule has 2 atom stereocenters. The van der Waals surface area contributed by atoms with Crippen molar-refractivity contribution in [1.29, 1.82) is 0 Å². The van der Waals surface area contributed by atoms with Gasteiger partial charge in [0.05, 0.1) is 4.90 Å². The first-order valence-corrected chi connectivity index (χ1v) is 9.34. The number of carboxylic acids is 1. The summed E-state index contributed by atoms with van der Waals surface area (Å²) in [4.78, 5) is 11.5. The highest BCUT2D eigenvalue weighted by molar-refractivity contribution is 7.89. The molecule has 6 nitrogen and oxygen atoms in total. The number of benzene rings is 3. The third kappa shape index (κ3) is 3.75. The molecule has 3 aromatic rings. The minimum absolute atomic E-state index is 0.0669. The lowest BCUT2D eigenvalue weighted by molar-refractivity contribution is -0.141. The molecule has 0 aliphatic rings. The van der Waals surface area contributed by atoms with E-state index in [0.29, 0.717) is 10.9 Å². The van der Waals surface area contributed by atoms with Crippen LogP contribution in [-0.4, -0.2) is 30.6 Å². The number of hydrogen-bond donors (Lipinski definition) is 3. The van der Waals surface area contributed by atoms with E-state index in [0.717, 1.165) is 5.39 Å². The predicted molar refractivity (Wildman–Crippen MR) is 97.1 cm³/mol. The first-order chi connectivity index (χ1) is 12.4. The van der Waals surface area contributed by atoms with E-state index in [1.54, 1.807) is 36.4 Å². The molecular weight excluding hydrogens is 354 g/mol. The summed E-state index contributed by atoms with van der Waals surface area (Å²) in [5, 5.41) is 21.3. The quantitative estimate of drug-likeness (QED) is 0.617. The molecule has 0 heterocycles. The van der Waals surface area contributed by atoms with Crippen LogP contribution in [0.1, 0.15) is 11.7 Å². The molecule has 3 rings (SSSR count). The summed E-state index contributed by atoms with van der Waals surface area (Å²) >= 11 is 0. The first-order valence-electron chi connectivity index (χ1n) is 7.85. The van der Waals surface area contributed by atoms with Crippen LogP contribution in [0.4, 0.5) is 0 Å².